The molecule has 0 nitrogen and oxygen atoms in total. The molecule has 0 atom stereocenters. The maximum absolute atomic E-state index is 14.0. The van der Waals surface area contributed by atoms with Crippen molar-refractivity contribution in [2.45, 2.75) is 25.2 Å². The van der Waals surface area contributed by atoms with E-state index < -0.39 is 0 Å². The molecule has 102 valence electrons. The molecular formula is C14H19Br2FS. The molecule has 1 aromatic carbocycles. The van der Waals surface area contributed by atoms with Gasteiger partial charge in [-0.3, -0.25) is 0 Å². The van der Waals surface area contributed by atoms with E-state index in [1.807, 2.05) is 23.9 Å². The summed E-state index contributed by atoms with van der Waals surface area (Å²) in [5.74, 6) is 2.20. The fourth-order valence-electron chi connectivity index (χ4n) is 2.00. The fraction of sp³-hybridized carbons (Fsp3) is 0.571. The van der Waals surface area contributed by atoms with E-state index in [2.05, 4.69) is 38.8 Å². The molecule has 0 radical (unpaired) electrons. The van der Waals surface area contributed by atoms with Crippen LogP contribution in [0.1, 0.15) is 25.3 Å². The number of halogens is 3. The van der Waals surface area contributed by atoms with Crippen molar-refractivity contribution in [3.63, 3.8) is 0 Å². The Labute approximate surface area is 130 Å². The van der Waals surface area contributed by atoms with Gasteiger partial charge < -0.3 is 0 Å². The Morgan fingerprint density at radius 2 is 1.89 bits per heavy atom. The maximum Gasteiger partial charge on any atom is 0.127 e. The number of benzene rings is 1. The van der Waals surface area contributed by atoms with Crippen LogP contribution in [0, 0.1) is 5.82 Å². The molecule has 0 spiro atoms. The van der Waals surface area contributed by atoms with Crippen molar-refractivity contribution in [1.82, 2.24) is 0 Å². The molecular weight excluding hydrogens is 379 g/mol. The van der Waals surface area contributed by atoms with Crippen molar-refractivity contribution in [2.75, 3.05) is 22.2 Å². The lowest BCUT2D eigenvalue weighted by Gasteiger charge is -2.31. The molecule has 1 aromatic rings. The number of thioether (sulfide) groups is 1. The van der Waals surface area contributed by atoms with Gasteiger partial charge in [0.25, 0.3) is 0 Å². The van der Waals surface area contributed by atoms with E-state index >= 15 is 0 Å². The Bertz CT molecular complexity index is 353. The Kier molecular flexibility index (Phi) is 7.89. The van der Waals surface area contributed by atoms with E-state index in [1.54, 1.807) is 12.1 Å². The summed E-state index contributed by atoms with van der Waals surface area (Å²) in [7, 11) is 0. The molecule has 0 aliphatic rings. The largest absolute Gasteiger partial charge is 0.207 e. The summed E-state index contributed by atoms with van der Waals surface area (Å²) >= 11 is 9.08. The summed E-state index contributed by atoms with van der Waals surface area (Å²) in [6.07, 6.45) is 2.11. The minimum atomic E-state index is -0.139. The SMILES string of the molecule is CCSCCCC(CBr)(CBr)c1ccccc1F. The van der Waals surface area contributed by atoms with Crippen LogP contribution in [0.25, 0.3) is 0 Å². The average molecular weight is 398 g/mol. The van der Waals surface area contributed by atoms with Crippen LogP contribution in [0.15, 0.2) is 24.3 Å². The quantitative estimate of drug-likeness (QED) is 0.418. The first kappa shape index (κ1) is 16.5. The van der Waals surface area contributed by atoms with Gasteiger partial charge in [-0.05, 0) is 36.0 Å². The number of hydrogen-bond acceptors (Lipinski definition) is 1. The van der Waals surface area contributed by atoms with Gasteiger partial charge in [-0.25, -0.2) is 4.39 Å². The van der Waals surface area contributed by atoms with Gasteiger partial charge in [-0.1, -0.05) is 57.0 Å². The number of rotatable bonds is 8. The number of hydrogen-bond donors (Lipinski definition) is 0. The second-order valence-electron chi connectivity index (χ2n) is 4.33. The summed E-state index contributed by atoms with van der Waals surface area (Å²) < 4.78 is 14.0. The second kappa shape index (κ2) is 8.60. The molecule has 1 rings (SSSR count). The van der Waals surface area contributed by atoms with Crippen LogP contribution in [0.5, 0.6) is 0 Å². The monoisotopic (exact) mass is 396 g/mol. The van der Waals surface area contributed by atoms with Crippen LogP contribution < -0.4 is 0 Å². The first-order chi connectivity index (χ1) is 8.70. The lowest BCUT2D eigenvalue weighted by molar-refractivity contribution is 0.466. The molecule has 18 heavy (non-hydrogen) atoms. The van der Waals surface area contributed by atoms with Gasteiger partial charge in [-0.2, -0.15) is 11.8 Å². The zero-order chi connectivity index (χ0) is 13.4. The van der Waals surface area contributed by atoms with Crippen molar-refractivity contribution < 1.29 is 4.39 Å². The third-order valence-electron chi connectivity index (χ3n) is 3.10. The fourth-order valence-corrected chi connectivity index (χ4v) is 4.73. The first-order valence-electron chi connectivity index (χ1n) is 6.15. The first-order valence-corrected chi connectivity index (χ1v) is 9.54. The minimum Gasteiger partial charge on any atom is -0.207 e. The highest BCUT2D eigenvalue weighted by Crippen LogP contribution is 2.35. The molecule has 4 heteroatoms. The van der Waals surface area contributed by atoms with Crippen molar-refractivity contribution in [3.8, 4) is 0 Å². The zero-order valence-electron chi connectivity index (χ0n) is 10.6. The van der Waals surface area contributed by atoms with Crippen LogP contribution in [-0.4, -0.2) is 22.2 Å². The maximum atomic E-state index is 14.0. The van der Waals surface area contributed by atoms with Gasteiger partial charge >= 0.3 is 0 Å². The molecule has 0 bridgehead atoms. The summed E-state index contributed by atoms with van der Waals surface area (Å²) in [4.78, 5) is 0. The summed E-state index contributed by atoms with van der Waals surface area (Å²) in [5.41, 5.74) is 0.680. The van der Waals surface area contributed by atoms with Crippen molar-refractivity contribution in [2.24, 2.45) is 0 Å². The summed E-state index contributed by atoms with van der Waals surface area (Å²) in [6, 6.07) is 7.12. The molecule has 0 fully saturated rings. The molecule has 0 aromatic heterocycles. The van der Waals surface area contributed by atoms with Gasteiger partial charge in [-0.15, -0.1) is 0 Å². The van der Waals surface area contributed by atoms with Crippen molar-refractivity contribution in [3.05, 3.63) is 35.6 Å². The van der Waals surface area contributed by atoms with E-state index in [9.17, 15) is 4.39 Å². The molecule has 0 heterocycles. The summed E-state index contributed by atoms with van der Waals surface area (Å²) in [6.45, 7) is 2.17. The van der Waals surface area contributed by atoms with Gasteiger partial charge in [0.1, 0.15) is 5.82 Å². The van der Waals surface area contributed by atoms with Gasteiger partial charge in [0.2, 0.25) is 0 Å². The van der Waals surface area contributed by atoms with Crippen LogP contribution in [0.3, 0.4) is 0 Å². The Hall–Kier alpha value is 0.460. The van der Waals surface area contributed by atoms with Crippen LogP contribution >= 0.6 is 43.6 Å². The van der Waals surface area contributed by atoms with E-state index in [4.69, 9.17) is 0 Å². The van der Waals surface area contributed by atoms with E-state index in [0.717, 1.165) is 40.6 Å². The lowest BCUT2D eigenvalue weighted by Crippen LogP contribution is -2.31. The Morgan fingerprint density at radius 3 is 2.44 bits per heavy atom. The average Bonchev–Trinajstić information content (AvgIpc) is 2.41. The zero-order valence-corrected chi connectivity index (χ0v) is 14.6. The van der Waals surface area contributed by atoms with Crippen molar-refractivity contribution >= 4 is 43.6 Å². The highest BCUT2D eigenvalue weighted by atomic mass is 79.9. The Morgan fingerprint density at radius 1 is 1.22 bits per heavy atom. The van der Waals surface area contributed by atoms with Crippen LogP contribution in [-0.2, 0) is 5.41 Å². The third-order valence-corrected chi connectivity index (χ3v) is 6.24. The Balaban J connectivity index is 2.83. The molecule has 0 saturated heterocycles. The normalized spacial score (nSPS) is 11.8. The molecule has 0 aliphatic heterocycles. The second-order valence-corrected chi connectivity index (χ2v) is 6.84. The summed E-state index contributed by atoms with van der Waals surface area (Å²) in [5, 5.41) is 1.56. The van der Waals surface area contributed by atoms with E-state index in [1.165, 1.54) is 0 Å². The molecule has 0 saturated carbocycles. The lowest BCUT2D eigenvalue weighted by atomic mass is 9.80. The molecule has 0 N–H and O–H groups in total. The highest BCUT2D eigenvalue weighted by Gasteiger charge is 2.31. The van der Waals surface area contributed by atoms with Crippen molar-refractivity contribution in [1.29, 1.82) is 0 Å². The van der Waals surface area contributed by atoms with Crippen LogP contribution in [0.4, 0.5) is 4.39 Å². The highest BCUT2D eigenvalue weighted by molar-refractivity contribution is 9.09. The van der Waals surface area contributed by atoms with Gasteiger partial charge in [0.05, 0.1) is 0 Å². The molecule has 0 amide bonds. The minimum absolute atomic E-state index is 0.0976. The van der Waals surface area contributed by atoms with Crippen LogP contribution in [0.2, 0.25) is 0 Å². The standard InChI is InChI=1S/C14H19Br2FS/c1-2-18-9-5-8-14(10-15,11-16)12-6-3-4-7-13(12)17/h3-4,6-7H,2,5,8-11H2,1H3. The molecule has 0 unspecified atom stereocenters. The third kappa shape index (κ3) is 4.24. The van der Waals surface area contributed by atoms with E-state index in [0.29, 0.717) is 0 Å². The number of alkyl halides is 2. The smallest absolute Gasteiger partial charge is 0.127 e. The topological polar surface area (TPSA) is 0 Å². The van der Waals surface area contributed by atoms with E-state index in [-0.39, 0.29) is 11.2 Å². The van der Waals surface area contributed by atoms with Gasteiger partial charge in [0.15, 0.2) is 0 Å². The van der Waals surface area contributed by atoms with Gasteiger partial charge in [0, 0.05) is 16.1 Å². The molecule has 0 aliphatic carbocycles. The predicted molar refractivity (Wildman–Crippen MR) is 87.9 cm³/mol. The predicted octanol–water partition coefficient (Wildman–Crippen LogP) is 5.39.